The number of rotatable bonds is 3. The average molecular weight is 358 g/mol. The Morgan fingerprint density at radius 1 is 0.960 bits per heavy atom. The molecule has 0 fully saturated rings. The summed E-state index contributed by atoms with van der Waals surface area (Å²) in [7, 11) is -4.66. The first kappa shape index (κ1) is 16.7. The number of anilines is 2. The smallest absolute Gasteiger partial charge is 0.297 e. The Balaban J connectivity index is 2.13. The van der Waals surface area contributed by atoms with Gasteiger partial charge in [0.1, 0.15) is 10.6 Å². The maximum atomic E-state index is 12.3. The Bertz CT molecular complexity index is 1080. The lowest BCUT2D eigenvalue weighted by Gasteiger charge is -2.13. The maximum Gasteiger partial charge on any atom is 0.297 e. The Morgan fingerprint density at radius 2 is 1.64 bits per heavy atom. The van der Waals surface area contributed by atoms with Gasteiger partial charge in [-0.05, 0) is 42.5 Å². The number of hydrogen-bond donors (Lipinski definition) is 4. The highest BCUT2D eigenvalue weighted by molar-refractivity contribution is 7.86. The summed E-state index contributed by atoms with van der Waals surface area (Å²) in [5, 5.41) is 12.7. The van der Waals surface area contributed by atoms with Crippen molar-refractivity contribution in [1.82, 2.24) is 0 Å². The predicted octanol–water partition coefficient (Wildman–Crippen LogP) is 2.63. The van der Waals surface area contributed by atoms with Crippen LogP contribution in [0.2, 0.25) is 0 Å². The third kappa shape index (κ3) is 3.25. The minimum absolute atomic E-state index is 0.0950. The number of phenols is 1. The van der Waals surface area contributed by atoms with Crippen LogP contribution >= 0.6 is 0 Å². The van der Waals surface area contributed by atoms with E-state index in [-0.39, 0.29) is 27.8 Å². The number of nitrogens with two attached hydrogens (primary N) is 1. The van der Waals surface area contributed by atoms with Crippen molar-refractivity contribution in [2.24, 2.45) is 0 Å². The number of hydrogen-bond acceptors (Lipinski definition) is 5. The van der Waals surface area contributed by atoms with Gasteiger partial charge in [-0.2, -0.15) is 8.42 Å². The fourth-order valence-corrected chi connectivity index (χ4v) is 3.37. The van der Waals surface area contributed by atoms with Gasteiger partial charge in [0.05, 0.1) is 5.69 Å². The molecule has 0 bridgehead atoms. The molecule has 0 saturated heterocycles. The molecule has 0 aliphatic rings. The number of phenolic OH excluding ortho intramolecular Hbond substituents is 1. The highest BCUT2D eigenvalue weighted by Gasteiger charge is 2.22. The molecule has 0 aliphatic carbocycles. The van der Waals surface area contributed by atoms with Gasteiger partial charge in [-0.1, -0.05) is 12.1 Å². The molecule has 0 radical (unpaired) electrons. The lowest BCUT2D eigenvalue weighted by atomic mass is 10.1. The molecule has 0 aliphatic heterocycles. The quantitative estimate of drug-likeness (QED) is 0.421. The van der Waals surface area contributed by atoms with Crippen LogP contribution in [0.3, 0.4) is 0 Å². The molecule has 0 aromatic heterocycles. The van der Waals surface area contributed by atoms with Crippen LogP contribution in [0.25, 0.3) is 10.8 Å². The van der Waals surface area contributed by atoms with Crippen molar-refractivity contribution in [3.8, 4) is 5.75 Å². The van der Waals surface area contributed by atoms with Crippen molar-refractivity contribution in [3.05, 3.63) is 60.2 Å². The molecule has 3 aromatic rings. The number of carbonyl (C=O) groups excluding carboxylic acids is 1. The topological polar surface area (TPSA) is 130 Å². The molecule has 7 nitrogen and oxygen atoms in total. The van der Waals surface area contributed by atoms with E-state index in [0.29, 0.717) is 5.69 Å². The predicted molar refractivity (Wildman–Crippen MR) is 94.2 cm³/mol. The van der Waals surface area contributed by atoms with E-state index in [0.717, 1.165) is 0 Å². The number of benzene rings is 3. The van der Waals surface area contributed by atoms with Gasteiger partial charge in [0.15, 0.2) is 0 Å². The molecule has 0 saturated carbocycles. The van der Waals surface area contributed by atoms with Crippen LogP contribution in [0.4, 0.5) is 11.4 Å². The number of carbonyl (C=O) groups is 1. The molecule has 128 valence electrons. The van der Waals surface area contributed by atoms with Gasteiger partial charge in [-0.3, -0.25) is 9.35 Å². The van der Waals surface area contributed by atoms with Gasteiger partial charge in [-0.25, -0.2) is 0 Å². The van der Waals surface area contributed by atoms with Crippen LogP contribution < -0.4 is 11.1 Å². The SMILES string of the molecule is Nc1ccc(C(=O)Nc2ccc3c(O)cccc3c2S(=O)(=O)O)cc1. The van der Waals surface area contributed by atoms with E-state index in [1.807, 2.05) is 0 Å². The fourth-order valence-electron chi connectivity index (χ4n) is 2.52. The molecule has 3 aromatic carbocycles. The molecule has 25 heavy (non-hydrogen) atoms. The Labute approximate surface area is 143 Å². The molecule has 1 amide bonds. The number of fused-ring (bicyclic) bond motifs is 1. The van der Waals surface area contributed by atoms with Crippen molar-refractivity contribution in [2.45, 2.75) is 4.90 Å². The van der Waals surface area contributed by atoms with Crippen LogP contribution in [-0.2, 0) is 10.1 Å². The van der Waals surface area contributed by atoms with Crippen molar-refractivity contribution in [1.29, 1.82) is 0 Å². The van der Waals surface area contributed by atoms with Crippen LogP contribution in [0.15, 0.2) is 59.5 Å². The van der Waals surface area contributed by atoms with E-state index in [1.54, 1.807) is 0 Å². The summed E-state index contributed by atoms with van der Waals surface area (Å²) in [5.41, 5.74) is 6.23. The summed E-state index contributed by atoms with van der Waals surface area (Å²) in [6, 6.07) is 13.1. The van der Waals surface area contributed by atoms with Crippen LogP contribution in [-0.4, -0.2) is 24.0 Å². The van der Waals surface area contributed by atoms with Gasteiger partial charge in [-0.15, -0.1) is 0 Å². The molecular formula is C17H14N2O5S. The molecule has 0 spiro atoms. The van der Waals surface area contributed by atoms with E-state index in [1.165, 1.54) is 54.6 Å². The second-order valence-corrected chi connectivity index (χ2v) is 6.72. The summed E-state index contributed by atoms with van der Waals surface area (Å²) in [6.07, 6.45) is 0. The van der Waals surface area contributed by atoms with E-state index in [4.69, 9.17) is 5.73 Å². The average Bonchev–Trinajstić information content (AvgIpc) is 2.54. The number of aromatic hydroxyl groups is 1. The largest absolute Gasteiger partial charge is 0.507 e. The minimum atomic E-state index is -4.66. The lowest BCUT2D eigenvalue weighted by Crippen LogP contribution is -2.15. The highest BCUT2D eigenvalue weighted by Crippen LogP contribution is 2.34. The molecule has 0 unspecified atom stereocenters. The summed E-state index contributed by atoms with van der Waals surface area (Å²) in [5.74, 6) is -0.705. The van der Waals surface area contributed by atoms with Gasteiger partial charge in [0, 0.05) is 22.0 Å². The first-order valence-corrected chi connectivity index (χ1v) is 8.60. The maximum absolute atomic E-state index is 12.3. The molecule has 8 heteroatoms. The minimum Gasteiger partial charge on any atom is -0.507 e. The summed E-state index contributed by atoms with van der Waals surface area (Å²) >= 11 is 0. The molecular weight excluding hydrogens is 344 g/mol. The van der Waals surface area contributed by atoms with E-state index < -0.39 is 20.9 Å². The zero-order valence-electron chi connectivity index (χ0n) is 12.8. The molecule has 0 heterocycles. The second kappa shape index (κ2) is 6.08. The number of amides is 1. The number of nitrogen functional groups attached to an aromatic ring is 1. The zero-order chi connectivity index (χ0) is 18.2. The van der Waals surface area contributed by atoms with Gasteiger partial charge < -0.3 is 16.2 Å². The number of nitrogens with one attached hydrogen (secondary N) is 1. The van der Waals surface area contributed by atoms with E-state index in [2.05, 4.69) is 5.32 Å². The Morgan fingerprint density at radius 3 is 2.28 bits per heavy atom. The summed E-state index contributed by atoms with van der Waals surface area (Å²) < 4.78 is 33.3. The first-order valence-electron chi connectivity index (χ1n) is 7.16. The van der Waals surface area contributed by atoms with Crippen molar-refractivity contribution >= 4 is 38.2 Å². The van der Waals surface area contributed by atoms with Crippen LogP contribution in [0, 0.1) is 0 Å². The van der Waals surface area contributed by atoms with Gasteiger partial charge in [0.25, 0.3) is 16.0 Å². The van der Waals surface area contributed by atoms with E-state index in [9.17, 15) is 22.9 Å². The third-order valence-corrected chi connectivity index (χ3v) is 4.62. The standard InChI is InChI=1S/C17H14N2O5S/c18-11-6-4-10(5-7-11)17(21)19-14-9-8-12-13(2-1-3-15(12)20)16(14)25(22,23)24/h1-9,20H,18H2,(H,19,21)(H,22,23,24). The van der Waals surface area contributed by atoms with E-state index >= 15 is 0 Å². The fraction of sp³-hybridized carbons (Fsp3) is 0. The Kier molecular flexibility index (Phi) is 4.07. The first-order chi connectivity index (χ1) is 11.8. The zero-order valence-corrected chi connectivity index (χ0v) is 13.6. The molecule has 0 atom stereocenters. The van der Waals surface area contributed by atoms with Crippen molar-refractivity contribution in [2.75, 3.05) is 11.1 Å². The van der Waals surface area contributed by atoms with Crippen molar-refractivity contribution < 1.29 is 22.9 Å². The summed E-state index contributed by atoms with van der Waals surface area (Å²) in [4.78, 5) is 11.8. The van der Waals surface area contributed by atoms with Crippen molar-refractivity contribution in [3.63, 3.8) is 0 Å². The van der Waals surface area contributed by atoms with Crippen LogP contribution in [0.1, 0.15) is 10.4 Å². The van der Waals surface area contributed by atoms with Crippen LogP contribution in [0.5, 0.6) is 5.75 Å². The monoisotopic (exact) mass is 358 g/mol. The second-order valence-electron chi connectivity index (χ2n) is 5.37. The van der Waals surface area contributed by atoms with Gasteiger partial charge >= 0.3 is 0 Å². The Hall–Kier alpha value is -3.10. The summed E-state index contributed by atoms with van der Waals surface area (Å²) in [6.45, 7) is 0. The highest BCUT2D eigenvalue weighted by atomic mass is 32.2. The third-order valence-electron chi connectivity index (χ3n) is 3.67. The lowest BCUT2D eigenvalue weighted by molar-refractivity contribution is 0.102. The molecule has 3 rings (SSSR count). The van der Waals surface area contributed by atoms with Gasteiger partial charge in [0.2, 0.25) is 0 Å². The normalized spacial score (nSPS) is 11.4. The molecule has 5 N–H and O–H groups in total.